The van der Waals surface area contributed by atoms with Crippen LogP contribution in [0.2, 0.25) is 0 Å². The molecule has 2 N–H and O–H groups in total. The largest absolute Gasteiger partial charge is 0.364 e. The first-order valence-corrected chi connectivity index (χ1v) is 11.0. The normalized spacial score (nSPS) is 23.1. The van der Waals surface area contributed by atoms with Gasteiger partial charge in [0.2, 0.25) is 0 Å². The zero-order valence-corrected chi connectivity index (χ0v) is 18.0. The molecule has 4 rings (SSSR count). The summed E-state index contributed by atoms with van der Waals surface area (Å²) in [5, 5.41) is 4.17. The molecule has 6 heteroatoms. The van der Waals surface area contributed by atoms with Crippen LogP contribution in [0.15, 0.2) is 48.5 Å². The minimum Gasteiger partial charge on any atom is -0.364 e. The van der Waals surface area contributed by atoms with Crippen LogP contribution in [0.4, 0.5) is 5.69 Å². The van der Waals surface area contributed by atoms with E-state index in [2.05, 4.69) is 37.4 Å². The summed E-state index contributed by atoms with van der Waals surface area (Å²) >= 11 is 1.73. The number of hydrogen-bond acceptors (Lipinski definition) is 4. The molecule has 0 radical (unpaired) electrons. The van der Waals surface area contributed by atoms with Crippen LogP contribution in [0.1, 0.15) is 31.3 Å². The monoisotopic (exact) mass is 410 g/mol. The van der Waals surface area contributed by atoms with Gasteiger partial charge in [0, 0.05) is 12.1 Å². The number of para-hydroxylation sites is 1. The third-order valence-corrected chi connectivity index (χ3v) is 6.52. The number of morpholine rings is 1. The third-order valence-electron chi connectivity index (χ3n) is 5.48. The molecule has 5 nitrogen and oxygen atoms in total. The number of fused-ring (bicyclic) bond motifs is 1. The zero-order chi connectivity index (χ0) is 20.4. The van der Waals surface area contributed by atoms with E-state index >= 15 is 0 Å². The van der Waals surface area contributed by atoms with Gasteiger partial charge in [0.1, 0.15) is 25.3 Å². The molecule has 3 atom stereocenters. The summed E-state index contributed by atoms with van der Waals surface area (Å²) in [4.78, 5) is 18.7. The Balaban J connectivity index is 1.36. The molecular weight excluding hydrogens is 382 g/mol. The number of carbonyl (C=O) groups is 1. The van der Waals surface area contributed by atoms with E-state index in [1.807, 2.05) is 37.3 Å². The van der Waals surface area contributed by atoms with E-state index < -0.39 is 0 Å². The lowest BCUT2D eigenvalue weighted by atomic mass is 10.1. The van der Waals surface area contributed by atoms with Crippen molar-refractivity contribution in [3.05, 3.63) is 59.1 Å². The van der Waals surface area contributed by atoms with Crippen molar-refractivity contribution in [2.75, 3.05) is 18.4 Å². The molecule has 0 saturated carbocycles. The summed E-state index contributed by atoms with van der Waals surface area (Å²) < 4.78 is 7.01. The molecule has 0 unspecified atom stereocenters. The van der Waals surface area contributed by atoms with Gasteiger partial charge in [0.05, 0.1) is 15.2 Å². The minimum absolute atomic E-state index is 0.0558. The van der Waals surface area contributed by atoms with Crippen LogP contribution in [0.25, 0.3) is 10.2 Å². The van der Waals surface area contributed by atoms with Crippen LogP contribution in [0.5, 0.6) is 0 Å². The van der Waals surface area contributed by atoms with Gasteiger partial charge in [0.25, 0.3) is 5.91 Å². The smallest absolute Gasteiger partial charge is 0.282 e. The van der Waals surface area contributed by atoms with E-state index in [4.69, 9.17) is 9.72 Å². The summed E-state index contributed by atoms with van der Waals surface area (Å²) in [6.07, 6.45) is 1.18. The molecule has 152 valence electrons. The lowest BCUT2D eigenvalue weighted by molar-refractivity contribution is -0.928. The molecule has 2 aromatic carbocycles. The van der Waals surface area contributed by atoms with E-state index in [9.17, 15) is 4.79 Å². The van der Waals surface area contributed by atoms with Crippen molar-refractivity contribution >= 4 is 33.1 Å². The maximum atomic E-state index is 12.7. The lowest BCUT2D eigenvalue weighted by Gasteiger charge is -2.35. The molecule has 1 fully saturated rings. The molecule has 1 amide bonds. The van der Waals surface area contributed by atoms with Crippen LogP contribution in [-0.4, -0.2) is 42.2 Å². The summed E-state index contributed by atoms with van der Waals surface area (Å²) in [6, 6.07) is 16.2. The number of nitrogens with one attached hydrogen (secondary N) is 2. The highest BCUT2D eigenvalue weighted by molar-refractivity contribution is 7.18. The van der Waals surface area contributed by atoms with E-state index in [1.54, 1.807) is 11.3 Å². The fraction of sp³-hybridized carbons (Fsp3) is 0.391. The SMILES string of the molecule is C[C@@H]1C[NH+]([C@@H](C)C(=O)Nc2ccc(Cc3nc4ccccc4s3)cc2)C[C@@H](C)O1. The van der Waals surface area contributed by atoms with Gasteiger partial charge in [-0.2, -0.15) is 0 Å². The first kappa shape index (κ1) is 20.0. The highest BCUT2D eigenvalue weighted by Gasteiger charge is 2.32. The Labute approximate surface area is 175 Å². The van der Waals surface area contributed by atoms with Gasteiger partial charge in [-0.05, 0) is 50.6 Å². The van der Waals surface area contributed by atoms with Gasteiger partial charge in [-0.15, -0.1) is 11.3 Å². The highest BCUT2D eigenvalue weighted by Crippen LogP contribution is 2.24. The number of benzene rings is 2. The Morgan fingerprint density at radius 1 is 1.17 bits per heavy atom. The molecule has 1 aromatic heterocycles. The lowest BCUT2D eigenvalue weighted by Crippen LogP contribution is -3.19. The van der Waals surface area contributed by atoms with Gasteiger partial charge in [-0.3, -0.25) is 4.79 Å². The Hall–Kier alpha value is -2.28. The fourth-order valence-corrected chi connectivity index (χ4v) is 4.98. The molecule has 1 saturated heterocycles. The van der Waals surface area contributed by atoms with Crippen molar-refractivity contribution < 1.29 is 14.4 Å². The second-order valence-corrected chi connectivity index (χ2v) is 9.10. The number of quaternary nitrogens is 1. The second-order valence-electron chi connectivity index (χ2n) is 7.98. The number of nitrogens with zero attached hydrogens (tertiary/aromatic N) is 1. The van der Waals surface area contributed by atoms with Crippen LogP contribution in [-0.2, 0) is 16.0 Å². The maximum Gasteiger partial charge on any atom is 0.282 e. The minimum atomic E-state index is -0.105. The van der Waals surface area contributed by atoms with Crippen LogP contribution in [0, 0.1) is 0 Å². The number of anilines is 1. The van der Waals surface area contributed by atoms with Crippen molar-refractivity contribution in [2.45, 2.75) is 45.4 Å². The standard InChI is InChI=1S/C23H27N3O2S/c1-15-13-26(14-16(2)28-15)17(3)23(27)24-19-10-8-18(9-11-19)12-22-25-20-6-4-5-7-21(20)29-22/h4-11,15-17H,12-14H2,1-3H3,(H,24,27)/p+1/t15-,16-,17+/m1/s1. The molecule has 0 spiro atoms. The van der Waals surface area contributed by atoms with Crippen molar-refractivity contribution in [1.29, 1.82) is 0 Å². The number of aromatic nitrogens is 1. The molecule has 0 bridgehead atoms. The number of thiazole rings is 1. The van der Waals surface area contributed by atoms with E-state index in [0.29, 0.717) is 0 Å². The van der Waals surface area contributed by atoms with Crippen molar-refractivity contribution in [1.82, 2.24) is 4.98 Å². The van der Waals surface area contributed by atoms with E-state index in [-0.39, 0.29) is 24.2 Å². The summed E-state index contributed by atoms with van der Waals surface area (Å²) in [5.41, 5.74) is 3.08. The van der Waals surface area contributed by atoms with Gasteiger partial charge in [0.15, 0.2) is 6.04 Å². The maximum absolute atomic E-state index is 12.7. The topological polar surface area (TPSA) is 55.7 Å². The molecule has 1 aliphatic heterocycles. The number of amides is 1. The fourth-order valence-electron chi connectivity index (χ4n) is 3.98. The van der Waals surface area contributed by atoms with Gasteiger partial charge in [-0.1, -0.05) is 24.3 Å². The van der Waals surface area contributed by atoms with Gasteiger partial charge >= 0.3 is 0 Å². The average molecular weight is 411 g/mol. The van der Waals surface area contributed by atoms with Gasteiger partial charge < -0.3 is 15.0 Å². The average Bonchev–Trinajstić information content (AvgIpc) is 3.10. The molecule has 1 aliphatic rings. The Bertz CT molecular complexity index is 942. The van der Waals surface area contributed by atoms with Crippen LogP contribution < -0.4 is 10.2 Å². The highest BCUT2D eigenvalue weighted by atomic mass is 32.1. The molecule has 29 heavy (non-hydrogen) atoms. The molecule has 0 aliphatic carbocycles. The Morgan fingerprint density at radius 3 is 2.55 bits per heavy atom. The zero-order valence-electron chi connectivity index (χ0n) is 17.1. The quantitative estimate of drug-likeness (QED) is 0.680. The van der Waals surface area contributed by atoms with Gasteiger partial charge in [-0.25, -0.2) is 4.98 Å². The Kier molecular flexibility index (Phi) is 5.94. The summed E-state index contributed by atoms with van der Waals surface area (Å²) in [7, 11) is 0. The molecule has 2 heterocycles. The number of hydrogen-bond donors (Lipinski definition) is 2. The number of rotatable bonds is 5. The summed E-state index contributed by atoms with van der Waals surface area (Å²) in [5.74, 6) is 0.0558. The van der Waals surface area contributed by atoms with Crippen molar-refractivity contribution in [3.63, 3.8) is 0 Å². The third kappa shape index (κ3) is 4.83. The molecular formula is C23H28N3O2S+. The Morgan fingerprint density at radius 2 is 1.86 bits per heavy atom. The van der Waals surface area contributed by atoms with Crippen molar-refractivity contribution in [3.8, 4) is 0 Å². The summed E-state index contributed by atoms with van der Waals surface area (Å²) in [6.45, 7) is 7.87. The van der Waals surface area contributed by atoms with E-state index in [1.165, 1.54) is 15.2 Å². The predicted molar refractivity (Wildman–Crippen MR) is 118 cm³/mol. The number of ether oxygens (including phenoxy) is 1. The first-order valence-electron chi connectivity index (χ1n) is 10.2. The van der Waals surface area contributed by atoms with E-state index in [0.717, 1.165) is 35.7 Å². The number of carbonyl (C=O) groups excluding carboxylic acids is 1. The molecule has 3 aromatic rings. The predicted octanol–water partition coefficient (Wildman–Crippen LogP) is 2.91. The van der Waals surface area contributed by atoms with Crippen molar-refractivity contribution in [2.24, 2.45) is 0 Å². The second kappa shape index (κ2) is 8.61. The first-order chi connectivity index (χ1) is 14.0. The van der Waals surface area contributed by atoms with Crippen LogP contribution in [0.3, 0.4) is 0 Å². The van der Waals surface area contributed by atoms with Crippen LogP contribution >= 0.6 is 11.3 Å².